The number of Topliss-reactive ketones (excluding diaryl/α,β-unsaturated/α-hetero) is 1. The van der Waals surface area contributed by atoms with E-state index in [2.05, 4.69) is 19.9 Å². The van der Waals surface area contributed by atoms with Gasteiger partial charge in [0.25, 0.3) is 0 Å². The van der Waals surface area contributed by atoms with Crippen LogP contribution in [0.4, 0.5) is 0 Å². The summed E-state index contributed by atoms with van der Waals surface area (Å²) < 4.78 is 0. The smallest absolute Gasteiger partial charge is 0.169 e. The Morgan fingerprint density at radius 3 is 2.71 bits per heavy atom. The van der Waals surface area contributed by atoms with Crippen LogP contribution < -0.4 is 0 Å². The van der Waals surface area contributed by atoms with Gasteiger partial charge in [-0.15, -0.1) is 0 Å². The summed E-state index contributed by atoms with van der Waals surface area (Å²) in [5.74, 6) is 0.508. The molecule has 0 aromatic heterocycles. The second kappa shape index (κ2) is 4.33. The lowest BCUT2D eigenvalue weighted by Crippen LogP contribution is -2.33. The van der Waals surface area contributed by atoms with E-state index in [1.54, 1.807) is 0 Å². The molecule has 1 aromatic rings. The molecule has 0 aliphatic heterocycles. The summed E-state index contributed by atoms with van der Waals surface area (Å²) in [4.78, 5) is 12.6. The van der Waals surface area contributed by atoms with Gasteiger partial charge in [0.15, 0.2) is 5.78 Å². The third kappa shape index (κ3) is 1.76. The highest BCUT2D eigenvalue weighted by molar-refractivity contribution is 6.05. The molecular weight excluding hydrogens is 210 g/mol. The minimum atomic E-state index is -0.348. The Labute approximate surface area is 102 Å². The summed E-state index contributed by atoms with van der Waals surface area (Å²) in [5, 5.41) is 8.76. The van der Waals surface area contributed by atoms with Crippen LogP contribution in [0.15, 0.2) is 24.3 Å². The summed E-state index contributed by atoms with van der Waals surface area (Å²) in [7, 11) is 0. The van der Waals surface area contributed by atoms with E-state index in [0.717, 1.165) is 17.5 Å². The quantitative estimate of drug-likeness (QED) is 0.794. The molecule has 1 atom stereocenters. The fraction of sp³-hybridized carbons (Fsp3) is 0.467. The number of benzene rings is 1. The van der Waals surface area contributed by atoms with E-state index in [1.165, 1.54) is 0 Å². The number of nitriles is 1. The molecule has 2 rings (SSSR count). The fourth-order valence-electron chi connectivity index (χ4n) is 2.82. The summed E-state index contributed by atoms with van der Waals surface area (Å²) in [6.07, 6.45) is 1.92. The summed E-state index contributed by atoms with van der Waals surface area (Å²) in [5.41, 5.74) is 1.66. The van der Waals surface area contributed by atoms with Crippen molar-refractivity contribution in [1.29, 1.82) is 5.26 Å². The first-order valence-electron chi connectivity index (χ1n) is 6.11. The predicted molar refractivity (Wildman–Crippen MR) is 66.6 cm³/mol. The van der Waals surface area contributed by atoms with Crippen molar-refractivity contribution >= 4 is 5.78 Å². The minimum Gasteiger partial charge on any atom is -0.294 e. The molecule has 0 saturated carbocycles. The van der Waals surface area contributed by atoms with E-state index in [9.17, 15) is 4.79 Å². The summed E-state index contributed by atoms with van der Waals surface area (Å²) in [6, 6.07) is 10.0. The van der Waals surface area contributed by atoms with Crippen molar-refractivity contribution in [2.45, 2.75) is 33.1 Å². The van der Waals surface area contributed by atoms with Crippen molar-refractivity contribution in [3.05, 3.63) is 35.4 Å². The lowest BCUT2D eigenvalue weighted by molar-refractivity contribution is 0.0717. The highest BCUT2D eigenvalue weighted by Crippen LogP contribution is 2.45. The van der Waals surface area contributed by atoms with Crippen LogP contribution in [-0.2, 0) is 6.42 Å². The van der Waals surface area contributed by atoms with Gasteiger partial charge in [-0.2, -0.15) is 5.26 Å². The van der Waals surface area contributed by atoms with Gasteiger partial charge in [0.05, 0.1) is 6.07 Å². The topological polar surface area (TPSA) is 40.9 Å². The molecule has 1 aliphatic rings. The molecule has 2 heteroatoms. The third-order valence-corrected chi connectivity index (χ3v) is 4.01. The number of ketones is 1. The molecule has 0 saturated heterocycles. The highest BCUT2D eigenvalue weighted by atomic mass is 16.1. The maximum Gasteiger partial charge on any atom is 0.169 e. The summed E-state index contributed by atoms with van der Waals surface area (Å²) >= 11 is 0. The Hall–Kier alpha value is -1.62. The van der Waals surface area contributed by atoms with Crippen LogP contribution in [0, 0.1) is 22.7 Å². The molecule has 0 spiro atoms. The monoisotopic (exact) mass is 227 g/mol. The maximum atomic E-state index is 12.6. The Balaban J connectivity index is 2.40. The number of nitrogens with zero attached hydrogens (tertiary/aromatic N) is 1. The SMILES string of the molecule is CC(C)C1(CCC#N)Cc2ccccc2C1=O. The van der Waals surface area contributed by atoms with Crippen molar-refractivity contribution in [2.24, 2.45) is 11.3 Å². The first kappa shape index (κ1) is 11.9. The molecule has 1 aliphatic carbocycles. The predicted octanol–water partition coefficient (Wildman–Crippen LogP) is 3.37. The zero-order chi connectivity index (χ0) is 12.5. The van der Waals surface area contributed by atoms with Crippen LogP contribution >= 0.6 is 0 Å². The molecule has 17 heavy (non-hydrogen) atoms. The molecule has 1 unspecified atom stereocenters. The molecule has 1 aromatic carbocycles. The van der Waals surface area contributed by atoms with Gasteiger partial charge in [-0.1, -0.05) is 38.1 Å². The number of hydrogen-bond acceptors (Lipinski definition) is 2. The number of fused-ring (bicyclic) bond motifs is 1. The Morgan fingerprint density at radius 2 is 2.12 bits per heavy atom. The van der Waals surface area contributed by atoms with Gasteiger partial charge in [-0.3, -0.25) is 4.79 Å². The van der Waals surface area contributed by atoms with Crippen LogP contribution in [0.5, 0.6) is 0 Å². The molecule has 0 fully saturated rings. The van der Waals surface area contributed by atoms with Crippen LogP contribution in [0.2, 0.25) is 0 Å². The molecule has 0 bridgehead atoms. The van der Waals surface area contributed by atoms with Gasteiger partial charge in [0.1, 0.15) is 0 Å². The van der Waals surface area contributed by atoms with Gasteiger partial charge in [0.2, 0.25) is 0 Å². The van der Waals surface area contributed by atoms with Gasteiger partial charge in [-0.05, 0) is 24.3 Å². The summed E-state index contributed by atoms with van der Waals surface area (Å²) in [6.45, 7) is 4.17. The first-order valence-corrected chi connectivity index (χ1v) is 6.11. The van der Waals surface area contributed by atoms with Gasteiger partial charge >= 0.3 is 0 Å². The van der Waals surface area contributed by atoms with E-state index in [1.807, 2.05) is 24.3 Å². The van der Waals surface area contributed by atoms with Gasteiger partial charge < -0.3 is 0 Å². The van der Waals surface area contributed by atoms with Crippen LogP contribution in [-0.4, -0.2) is 5.78 Å². The van der Waals surface area contributed by atoms with Gasteiger partial charge in [0, 0.05) is 17.4 Å². The second-order valence-electron chi connectivity index (χ2n) is 5.13. The molecule has 0 amide bonds. The Morgan fingerprint density at radius 1 is 1.41 bits per heavy atom. The highest BCUT2D eigenvalue weighted by Gasteiger charge is 2.46. The van der Waals surface area contributed by atoms with E-state index in [0.29, 0.717) is 12.8 Å². The normalized spacial score (nSPS) is 22.6. The molecule has 0 heterocycles. The number of rotatable bonds is 3. The Bertz CT molecular complexity index is 484. The number of carbonyl (C=O) groups is 1. The second-order valence-corrected chi connectivity index (χ2v) is 5.13. The largest absolute Gasteiger partial charge is 0.294 e. The van der Waals surface area contributed by atoms with E-state index in [4.69, 9.17) is 5.26 Å². The maximum absolute atomic E-state index is 12.6. The van der Waals surface area contributed by atoms with Crippen LogP contribution in [0.3, 0.4) is 0 Å². The standard InChI is InChI=1S/C15H17NO/c1-11(2)15(8-5-9-16)10-12-6-3-4-7-13(12)14(15)17/h3-4,6-7,11H,5,8,10H2,1-2H3. The van der Waals surface area contributed by atoms with Gasteiger partial charge in [-0.25, -0.2) is 0 Å². The first-order chi connectivity index (χ1) is 8.12. The van der Waals surface area contributed by atoms with Crippen molar-refractivity contribution in [1.82, 2.24) is 0 Å². The minimum absolute atomic E-state index is 0.235. The number of carbonyl (C=O) groups excluding carboxylic acids is 1. The van der Waals surface area contributed by atoms with E-state index >= 15 is 0 Å². The Kier molecular flexibility index (Phi) is 3.02. The lowest BCUT2D eigenvalue weighted by atomic mass is 9.71. The lowest BCUT2D eigenvalue weighted by Gasteiger charge is -2.30. The van der Waals surface area contributed by atoms with Crippen molar-refractivity contribution in [3.63, 3.8) is 0 Å². The van der Waals surface area contributed by atoms with E-state index < -0.39 is 0 Å². The fourth-order valence-corrected chi connectivity index (χ4v) is 2.82. The molecule has 0 N–H and O–H groups in total. The van der Waals surface area contributed by atoms with Crippen molar-refractivity contribution < 1.29 is 4.79 Å². The van der Waals surface area contributed by atoms with Crippen LogP contribution in [0.25, 0.3) is 0 Å². The zero-order valence-corrected chi connectivity index (χ0v) is 10.4. The molecule has 0 radical (unpaired) electrons. The average Bonchev–Trinajstić information content (AvgIpc) is 2.62. The van der Waals surface area contributed by atoms with E-state index in [-0.39, 0.29) is 17.1 Å². The molecule has 2 nitrogen and oxygen atoms in total. The molecular formula is C15H17NO. The molecule has 88 valence electrons. The van der Waals surface area contributed by atoms with Crippen molar-refractivity contribution in [3.8, 4) is 6.07 Å². The average molecular weight is 227 g/mol. The third-order valence-electron chi connectivity index (χ3n) is 4.01. The van der Waals surface area contributed by atoms with Crippen molar-refractivity contribution in [2.75, 3.05) is 0 Å². The van der Waals surface area contributed by atoms with Crippen LogP contribution in [0.1, 0.15) is 42.6 Å². The number of hydrogen-bond donors (Lipinski definition) is 0. The zero-order valence-electron chi connectivity index (χ0n) is 10.4.